The largest absolute Gasteiger partial charge is 0.507 e. The molecule has 0 unspecified atom stereocenters. The highest BCUT2D eigenvalue weighted by Crippen LogP contribution is 2.39. The Balaban J connectivity index is 1.89. The molecule has 3 heterocycles. The maximum atomic E-state index is 12.9. The molecular formula is C23H25N3O3S. The van der Waals surface area contributed by atoms with Crippen molar-refractivity contribution < 1.29 is 9.52 Å². The number of phenolic OH excluding ortho intramolecular Hbond substituents is 1. The Kier molecular flexibility index (Phi) is 4.62. The third kappa shape index (κ3) is 3.54. The molecule has 0 radical (unpaired) electrons. The van der Waals surface area contributed by atoms with Crippen LogP contribution in [0.5, 0.6) is 5.75 Å². The second kappa shape index (κ2) is 6.80. The van der Waals surface area contributed by atoms with E-state index >= 15 is 0 Å². The van der Waals surface area contributed by atoms with Gasteiger partial charge < -0.3 is 9.52 Å². The molecule has 7 heteroatoms. The Bertz CT molecular complexity index is 1300. The van der Waals surface area contributed by atoms with Crippen molar-refractivity contribution in [2.75, 3.05) is 0 Å². The van der Waals surface area contributed by atoms with Gasteiger partial charge in [-0.25, -0.2) is 0 Å². The summed E-state index contributed by atoms with van der Waals surface area (Å²) in [5, 5.41) is 15.2. The molecule has 0 fully saturated rings. The molecule has 30 heavy (non-hydrogen) atoms. The molecule has 4 aromatic rings. The summed E-state index contributed by atoms with van der Waals surface area (Å²) in [7, 11) is 0. The van der Waals surface area contributed by atoms with Crippen molar-refractivity contribution in [2.45, 2.75) is 52.4 Å². The first kappa shape index (κ1) is 20.3. The van der Waals surface area contributed by atoms with Crippen molar-refractivity contribution in [1.29, 1.82) is 0 Å². The van der Waals surface area contributed by atoms with Crippen LogP contribution >= 0.6 is 11.3 Å². The van der Waals surface area contributed by atoms with Gasteiger partial charge in [0, 0.05) is 11.1 Å². The van der Waals surface area contributed by atoms with Crippen LogP contribution in [-0.4, -0.2) is 19.7 Å². The van der Waals surface area contributed by atoms with Crippen molar-refractivity contribution in [3.8, 4) is 17.3 Å². The average molecular weight is 424 g/mol. The van der Waals surface area contributed by atoms with Gasteiger partial charge in [-0.1, -0.05) is 52.9 Å². The number of hydrogen-bond donors (Lipinski definition) is 1. The molecule has 0 amide bonds. The lowest BCUT2D eigenvalue weighted by atomic mass is 9.78. The predicted octanol–water partition coefficient (Wildman–Crippen LogP) is 4.26. The van der Waals surface area contributed by atoms with E-state index in [4.69, 9.17) is 4.42 Å². The highest BCUT2D eigenvalue weighted by molar-refractivity contribution is 7.15. The van der Waals surface area contributed by atoms with E-state index < -0.39 is 0 Å². The second-order valence-electron chi connectivity index (χ2n) is 9.49. The van der Waals surface area contributed by atoms with Gasteiger partial charge in [0.1, 0.15) is 5.75 Å². The summed E-state index contributed by atoms with van der Waals surface area (Å²) < 4.78 is 7.17. The lowest BCUT2D eigenvalue weighted by Gasteiger charge is -2.27. The lowest BCUT2D eigenvalue weighted by molar-refractivity contribution is 0.423. The van der Waals surface area contributed by atoms with Gasteiger partial charge in [0.05, 0.1) is 10.8 Å². The first-order valence-corrected chi connectivity index (χ1v) is 10.6. The molecule has 0 bridgehead atoms. The maximum Gasteiger partial charge on any atom is 0.291 e. The summed E-state index contributed by atoms with van der Waals surface area (Å²) in [4.78, 5) is 17.8. The molecule has 0 saturated heterocycles. The number of hydrogen-bond acceptors (Lipinski definition) is 6. The molecule has 0 atom stereocenters. The summed E-state index contributed by atoms with van der Waals surface area (Å²) >= 11 is 1.28. The van der Waals surface area contributed by atoms with Gasteiger partial charge in [0.15, 0.2) is 5.76 Å². The number of phenols is 1. The summed E-state index contributed by atoms with van der Waals surface area (Å²) in [5.41, 5.74) is 1.88. The zero-order chi connectivity index (χ0) is 21.8. The summed E-state index contributed by atoms with van der Waals surface area (Å²) in [5.74, 6) is 1.24. The van der Waals surface area contributed by atoms with Gasteiger partial charge in [0.2, 0.25) is 10.8 Å². The van der Waals surface area contributed by atoms with Crippen LogP contribution in [0.25, 0.3) is 22.6 Å². The minimum Gasteiger partial charge on any atom is -0.507 e. The van der Waals surface area contributed by atoms with E-state index in [1.165, 1.54) is 15.9 Å². The lowest BCUT2D eigenvalue weighted by Crippen LogP contribution is -2.24. The molecule has 1 N–H and O–H groups in total. The molecule has 1 aromatic carbocycles. The molecule has 0 spiro atoms. The normalized spacial score (nSPS) is 13.5. The van der Waals surface area contributed by atoms with Gasteiger partial charge in [0.25, 0.3) is 5.56 Å². The SMILES string of the molecule is CC(C)(C)c1cc(C=c2sc3nc(-c4ccco4)nn3c2=O)cc(C(C)(C)C)c1O. The maximum absolute atomic E-state index is 12.9. The number of aromatic hydroxyl groups is 1. The highest BCUT2D eigenvalue weighted by Gasteiger charge is 2.26. The van der Waals surface area contributed by atoms with E-state index in [2.05, 4.69) is 51.6 Å². The van der Waals surface area contributed by atoms with Crippen LogP contribution in [0, 0.1) is 0 Å². The van der Waals surface area contributed by atoms with Crippen molar-refractivity contribution >= 4 is 22.4 Å². The first-order valence-electron chi connectivity index (χ1n) is 9.78. The van der Waals surface area contributed by atoms with E-state index in [0.29, 0.717) is 26.8 Å². The third-order valence-electron chi connectivity index (χ3n) is 4.97. The van der Waals surface area contributed by atoms with E-state index in [9.17, 15) is 9.90 Å². The average Bonchev–Trinajstić information content (AvgIpc) is 3.33. The topological polar surface area (TPSA) is 80.6 Å². The third-order valence-corrected chi connectivity index (χ3v) is 5.93. The standard InChI is InChI=1S/C23H25N3O3S/c1-22(2,3)14-10-13(11-15(18(14)27)23(4,5)6)12-17-20(28)26-21(30-17)24-19(25-26)16-8-7-9-29-16/h7-12,27H,1-6H3. The fourth-order valence-corrected chi connectivity index (χ4v) is 4.29. The number of fused-ring (bicyclic) bond motifs is 1. The fourth-order valence-electron chi connectivity index (χ4n) is 3.38. The highest BCUT2D eigenvalue weighted by atomic mass is 32.1. The number of furan rings is 1. The summed E-state index contributed by atoms with van der Waals surface area (Å²) in [6.07, 6.45) is 3.39. The molecule has 6 nitrogen and oxygen atoms in total. The Morgan fingerprint density at radius 2 is 1.73 bits per heavy atom. The zero-order valence-electron chi connectivity index (χ0n) is 18.0. The monoisotopic (exact) mass is 423 g/mol. The fraction of sp³-hybridized carbons (Fsp3) is 0.348. The van der Waals surface area contributed by atoms with E-state index in [-0.39, 0.29) is 16.4 Å². The van der Waals surface area contributed by atoms with Crippen LogP contribution in [-0.2, 0) is 10.8 Å². The van der Waals surface area contributed by atoms with Crippen molar-refractivity contribution in [3.63, 3.8) is 0 Å². The van der Waals surface area contributed by atoms with E-state index in [1.54, 1.807) is 18.4 Å². The van der Waals surface area contributed by atoms with Gasteiger partial charge in [-0.2, -0.15) is 9.50 Å². The molecule has 0 aliphatic heterocycles. The second-order valence-corrected chi connectivity index (χ2v) is 10.5. The minimum absolute atomic E-state index is 0.219. The molecule has 0 aliphatic rings. The Hall–Kier alpha value is -2.93. The van der Waals surface area contributed by atoms with Gasteiger partial charge >= 0.3 is 0 Å². The van der Waals surface area contributed by atoms with E-state index in [0.717, 1.165) is 16.7 Å². The molecule has 3 aromatic heterocycles. The van der Waals surface area contributed by atoms with Crippen LogP contribution in [0.15, 0.2) is 39.7 Å². The summed E-state index contributed by atoms with van der Waals surface area (Å²) in [6, 6.07) is 7.42. The van der Waals surface area contributed by atoms with E-state index in [1.807, 2.05) is 18.2 Å². The van der Waals surface area contributed by atoms with Crippen molar-refractivity contribution in [3.05, 3.63) is 62.1 Å². The van der Waals surface area contributed by atoms with Crippen molar-refractivity contribution in [1.82, 2.24) is 14.6 Å². The molecule has 156 valence electrons. The van der Waals surface area contributed by atoms with Crippen LogP contribution in [0.3, 0.4) is 0 Å². The predicted molar refractivity (Wildman–Crippen MR) is 119 cm³/mol. The number of thiazole rings is 1. The number of aromatic nitrogens is 3. The Labute approximate surface area is 178 Å². The smallest absolute Gasteiger partial charge is 0.291 e. The quantitative estimate of drug-likeness (QED) is 0.521. The molecule has 0 saturated carbocycles. The first-order chi connectivity index (χ1) is 13.9. The van der Waals surface area contributed by atoms with Crippen LogP contribution in [0.2, 0.25) is 0 Å². The number of nitrogens with zero attached hydrogens (tertiary/aromatic N) is 3. The van der Waals surface area contributed by atoms with Gasteiger partial charge in [-0.15, -0.1) is 5.10 Å². The minimum atomic E-state index is -0.238. The van der Waals surface area contributed by atoms with Gasteiger partial charge in [-0.05, 0) is 46.7 Å². The van der Waals surface area contributed by atoms with Crippen LogP contribution in [0.1, 0.15) is 58.2 Å². The zero-order valence-corrected chi connectivity index (χ0v) is 18.8. The van der Waals surface area contributed by atoms with Crippen LogP contribution < -0.4 is 10.1 Å². The molecular weight excluding hydrogens is 398 g/mol. The molecule has 0 aliphatic carbocycles. The Morgan fingerprint density at radius 1 is 1.10 bits per heavy atom. The van der Waals surface area contributed by atoms with Crippen molar-refractivity contribution in [2.24, 2.45) is 0 Å². The Morgan fingerprint density at radius 3 is 2.23 bits per heavy atom. The number of benzene rings is 1. The van der Waals surface area contributed by atoms with Gasteiger partial charge in [-0.3, -0.25) is 4.79 Å². The number of rotatable bonds is 2. The molecule has 4 rings (SSSR count). The van der Waals surface area contributed by atoms with Crippen LogP contribution in [0.4, 0.5) is 0 Å². The summed E-state index contributed by atoms with van der Waals surface area (Å²) in [6.45, 7) is 12.4.